The van der Waals surface area contributed by atoms with Gasteiger partial charge in [0.05, 0.1) is 4.47 Å². The highest BCUT2D eigenvalue weighted by Crippen LogP contribution is 2.42. The van der Waals surface area contributed by atoms with E-state index in [1.54, 1.807) is 12.1 Å². The summed E-state index contributed by atoms with van der Waals surface area (Å²) in [7, 11) is 0. The summed E-state index contributed by atoms with van der Waals surface area (Å²) in [6, 6.07) is 5.42. The van der Waals surface area contributed by atoms with Crippen LogP contribution in [0, 0.1) is 11.2 Å². The maximum Gasteiger partial charge on any atom is 0.139 e. The largest absolute Gasteiger partial charge is 0.370 e. The molecule has 0 bridgehead atoms. The van der Waals surface area contributed by atoms with E-state index in [0.717, 1.165) is 18.8 Å². The third kappa shape index (κ3) is 2.71. The van der Waals surface area contributed by atoms with Gasteiger partial charge in [0.25, 0.3) is 0 Å². The highest BCUT2D eigenvalue weighted by atomic mass is 79.9. The fraction of sp³-hybridized carbons (Fsp3) is 0.600. The maximum absolute atomic E-state index is 13.5. The molecule has 0 aromatic heterocycles. The van der Waals surface area contributed by atoms with Crippen LogP contribution >= 0.6 is 15.9 Å². The van der Waals surface area contributed by atoms with Crippen LogP contribution in [0.3, 0.4) is 0 Å². The van der Waals surface area contributed by atoms with Gasteiger partial charge in [-0.3, -0.25) is 0 Å². The van der Waals surface area contributed by atoms with Gasteiger partial charge in [-0.15, -0.1) is 0 Å². The zero-order valence-electron chi connectivity index (χ0n) is 11.2. The van der Waals surface area contributed by atoms with E-state index >= 15 is 0 Å². The van der Waals surface area contributed by atoms with E-state index in [-0.39, 0.29) is 5.82 Å². The van der Waals surface area contributed by atoms with E-state index in [1.807, 2.05) is 6.07 Å². The Morgan fingerprint density at radius 1 is 1.22 bits per heavy atom. The minimum Gasteiger partial charge on any atom is -0.370 e. The van der Waals surface area contributed by atoms with Crippen LogP contribution in [-0.4, -0.2) is 13.1 Å². The second-order valence-electron chi connectivity index (χ2n) is 5.45. The molecule has 0 aliphatic carbocycles. The van der Waals surface area contributed by atoms with Crippen LogP contribution in [0.15, 0.2) is 22.7 Å². The first-order valence-corrected chi connectivity index (χ1v) is 7.59. The topological polar surface area (TPSA) is 3.24 Å². The Hall–Kier alpha value is -0.570. The summed E-state index contributed by atoms with van der Waals surface area (Å²) in [5, 5.41) is 0. The Morgan fingerprint density at radius 3 is 2.33 bits per heavy atom. The highest BCUT2D eigenvalue weighted by Gasteiger charge is 2.41. The van der Waals surface area contributed by atoms with Gasteiger partial charge in [0.1, 0.15) is 5.82 Å². The lowest BCUT2D eigenvalue weighted by Crippen LogP contribution is -2.56. The van der Waals surface area contributed by atoms with Crippen molar-refractivity contribution in [3.05, 3.63) is 28.5 Å². The minimum atomic E-state index is -0.170. The van der Waals surface area contributed by atoms with Gasteiger partial charge in [-0.1, -0.05) is 26.7 Å². The lowest BCUT2D eigenvalue weighted by atomic mass is 9.72. The molecule has 18 heavy (non-hydrogen) atoms. The third-order valence-electron chi connectivity index (χ3n) is 3.88. The smallest absolute Gasteiger partial charge is 0.139 e. The van der Waals surface area contributed by atoms with Crippen LogP contribution in [0.1, 0.15) is 39.5 Å². The van der Waals surface area contributed by atoms with Crippen molar-refractivity contribution in [3.8, 4) is 0 Å². The molecule has 1 heterocycles. The zero-order chi connectivity index (χ0) is 13.2. The van der Waals surface area contributed by atoms with E-state index in [9.17, 15) is 4.39 Å². The number of nitrogens with zero attached hydrogens (tertiary/aromatic N) is 1. The number of halogens is 2. The second-order valence-corrected chi connectivity index (χ2v) is 6.31. The molecule has 0 spiro atoms. The average molecular weight is 314 g/mol. The van der Waals surface area contributed by atoms with Crippen LogP contribution in [-0.2, 0) is 0 Å². The van der Waals surface area contributed by atoms with E-state index in [0.29, 0.717) is 9.89 Å². The number of hydrogen-bond acceptors (Lipinski definition) is 1. The number of rotatable bonds is 5. The zero-order valence-corrected chi connectivity index (χ0v) is 12.8. The molecular weight excluding hydrogens is 293 g/mol. The standard InChI is InChI=1S/C15H21BrFN/c1-3-7-15(8-4-2)10-18(11-15)12-5-6-13(16)14(17)9-12/h5-6,9H,3-4,7-8,10-11H2,1-2H3. The number of anilines is 1. The van der Waals surface area contributed by atoms with E-state index in [1.165, 1.54) is 25.7 Å². The monoisotopic (exact) mass is 313 g/mol. The SMILES string of the molecule is CCCC1(CCC)CN(c2ccc(Br)c(F)c2)C1. The molecule has 1 nitrogen and oxygen atoms in total. The lowest BCUT2D eigenvalue weighted by Gasteiger charge is -2.52. The van der Waals surface area contributed by atoms with E-state index in [2.05, 4.69) is 34.7 Å². The summed E-state index contributed by atoms with van der Waals surface area (Å²) in [6.07, 6.45) is 5.05. The average Bonchev–Trinajstić information content (AvgIpc) is 2.29. The fourth-order valence-corrected chi connectivity index (χ4v) is 3.38. The number of benzene rings is 1. The normalized spacial score (nSPS) is 17.7. The van der Waals surface area contributed by atoms with Gasteiger partial charge in [-0.2, -0.15) is 0 Å². The third-order valence-corrected chi connectivity index (χ3v) is 4.52. The molecule has 2 rings (SSSR count). The van der Waals surface area contributed by atoms with Crippen LogP contribution in [0.25, 0.3) is 0 Å². The molecule has 0 saturated carbocycles. The Bertz CT molecular complexity index is 405. The van der Waals surface area contributed by atoms with Crippen molar-refractivity contribution in [1.82, 2.24) is 0 Å². The van der Waals surface area contributed by atoms with E-state index < -0.39 is 0 Å². The first-order chi connectivity index (χ1) is 8.60. The molecule has 1 fully saturated rings. The molecule has 0 amide bonds. The lowest BCUT2D eigenvalue weighted by molar-refractivity contribution is 0.173. The van der Waals surface area contributed by atoms with Crippen molar-refractivity contribution in [3.63, 3.8) is 0 Å². The first-order valence-electron chi connectivity index (χ1n) is 6.80. The van der Waals surface area contributed by atoms with Crippen molar-refractivity contribution >= 4 is 21.6 Å². The summed E-state index contributed by atoms with van der Waals surface area (Å²) >= 11 is 3.20. The molecule has 1 saturated heterocycles. The summed E-state index contributed by atoms with van der Waals surface area (Å²) in [4.78, 5) is 2.29. The van der Waals surface area contributed by atoms with Crippen LogP contribution in [0.2, 0.25) is 0 Å². The van der Waals surface area contributed by atoms with Gasteiger partial charge >= 0.3 is 0 Å². The minimum absolute atomic E-state index is 0.170. The van der Waals surface area contributed by atoms with Gasteiger partial charge in [0.2, 0.25) is 0 Å². The molecule has 0 N–H and O–H groups in total. The Morgan fingerprint density at radius 2 is 1.83 bits per heavy atom. The highest BCUT2D eigenvalue weighted by molar-refractivity contribution is 9.10. The molecule has 1 aliphatic rings. The Balaban J connectivity index is 2.04. The van der Waals surface area contributed by atoms with Gasteiger partial charge in [0, 0.05) is 24.2 Å². The van der Waals surface area contributed by atoms with Crippen LogP contribution in [0.4, 0.5) is 10.1 Å². The Kier molecular flexibility index (Phi) is 4.31. The predicted molar refractivity (Wildman–Crippen MR) is 78.6 cm³/mol. The molecule has 0 unspecified atom stereocenters. The first kappa shape index (κ1) is 13.9. The molecule has 1 aromatic rings. The van der Waals surface area contributed by atoms with Crippen molar-refractivity contribution < 1.29 is 4.39 Å². The summed E-state index contributed by atoms with van der Waals surface area (Å²) in [6.45, 7) is 6.66. The quantitative estimate of drug-likeness (QED) is 0.739. The maximum atomic E-state index is 13.5. The molecule has 100 valence electrons. The summed E-state index contributed by atoms with van der Waals surface area (Å²) < 4.78 is 14.1. The molecule has 3 heteroatoms. The summed E-state index contributed by atoms with van der Waals surface area (Å²) in [5.74, 6) is -0.170. The van der Waals surface area contributed by atoms with Crippen molar-refractivity contribution in [2.24, 2.45) is 5.41 Å². The molecule has 1 aromatic carbocycles. The Labute approximate surface area is 118 Å². The predicted octanol–water partition coefficient (Wildman–Crippen LogP) is 4.99. The van der Waals surface area contributed by atoms with Crippen LogP contribution < -0.4 is 4.90 Å². The molecular formula is C15H21BrFN. The fourth-order valence-electron chi connectivity index (χ4n) is 3.13. The van der Waals surface area contributed by atoms with Crippen molar-refractivity contribution in [2.45, 2.75) is 39.5 Å². The van der Waals surface area contributed by atoms with Crippen molar-refractivity contribution in [1.29, 1.82) is 0 Å². The van der Waals surface area contributed by atoms with Crippen LogP contribution in [0.5, 0.6) is 0 Å². The number of hydrogen-bond donors (Lipinski definition) is 0. The van der Waals surface area contributed by atoms with E-state index in [4.69, 9.17) is 0 Å². The second kappa shape index (κ2) is 5.60. The van der Waals surface area contributed by atoms with Gasteiger partial charge in [-0.05, 0) is 47.0 Å². The van der Waals surface area contributed by atoms with Gasteiger partial charge < -0.3 is 4.90 Å². The van der Waals surface area contributed by atoms with Gasteiger partial charge in [0.15, 0.2) is 0 Å². The van der Waals surface area contributed by atoms with Gasteiger partial charge in [-0.25, -0.2) is 4.39 Å². The molecule has 1 aliphatic heterocycles. The molecule has 0 radical (unpaired) electrons. The molecule has 0 atom stereocenters. The van der Waals surface area contributed by atoms with Crippen molar-refractivity contribution in [2.75, 3.05) is 18.0 Å². The summed E-state index contributed by atoms with van der Waals surface area (Å²) in [5.41, 5.74) is 1.49.